The molecule has 0 fully saturated rings. The van der Waals surface area contributed by atoms with Crippen LogP contribution in [-0.2, 0) is 6.42 Å². The van der Waals surface area contributed by atoms with Crippen LogP contribution < -0.4 is 14.4 Å². The summed E-state index contributed by atoms with van der Waals surface area (Å²) in [6, 6.07) is 12.0. The van der Waals surface area contributed by atoms with Gasteiger partial charge in [0.25, 0.3) is 0 Å². The number of rotatable bonds is 6. The summed E-state index contributed by atoms with van der Waals surface area (Å²) in [6.45, 7) is 1.03. The van der Waals surface area contributed by atoms with Crippen LogP contribution in [0.4, 0.5) is 5.82 Å². The summed E-state index contributed by atoms with van der Waals surface area (Å²) in [7, 11) is 3.60. The van der Waals surface area contributed by atoms with Gasteiger partial charge in [-0.2, -0.15) is 5.10 Å². The van der Waals surface area contributed by atoms with Crippen LogP contribution >= 0.6 is 0 Å². The Bertz CT molecular complexity index is 1240. The van der Waals surface area contributed by atoms with Crippen molar-refractivity contribution in [1.82, 2.24) is 20.2 Å². The zero-order valence-electron chi connectivity index (χ0n) is 18.1. The number of H-pyrrole nitrogens is 1. The fraction of sp³-hybridized carbons (Fsp3) is 0.292. The van der Waals surface area contributed by atoms with E-state index >= 15 is 0 Å². The van der Waals surface area contributed by atoms with Crippen molar-refractivity contribution in [2.24, 2.45) is 0 Å². The summed E-state index contributed by atoms with van der Waals surface area (Å²) < 4.78 is 11.4. The Balaban J connectivity index is 1.57. The molecule has 0 radical (unpaired) electrons. The zero-order valence-corrected chi connectivity index (χ0v) is 18.1. The quantitative estimate of drug-likeness (QED) is 0.484. The van der Waals surface area contributed by atoms with Crippen LogP contribution in [0.3, 0.4) is 0 Å². The lowest BCUT2D eigenvalue weighted by Crippen LogP contribution is -2.25. The molecule has 0 spiro atoms. The number of aromatic nitrogens is 4. The lowest BCUT2D eigenvalue weighted by molar-refractivity contribution is 0.257. The number of likely N-dealkylation sites (N-methyl/N-ethyl adjacent to an activating group) is 1. The normalized spacial score (nSPS) is 15.3. The van der Waals surface area contributed by atoms with Gasteiger partial charge in [0.05, 0.1) is 38.0 Å². The fourth-order valence-corrected chi connectivity index (χ4v) is 4.11. The van der Waals surface area contributed by atoms with Crippen molar-refractivity contribution in [3.8, 4) is 22.6 Å². The predicted molar refractivity (Wildman–Crippen MR) is 122 cm³/mol. The van der Waals surface area contributed by atoms with Crippen LogP contribution in [0.1, 0.15) is 17.3 Å². The van der Waals surface area contributed by atoms with E-state index in [4.69, 9.17) is 19.4 Å². The second-order valence-electron chi connectivity index (χ2n) is 7.96. The van der Waals surface area contributed by atoms with Crippen LogP contribution in [0.2, 0.25) is 0 Å². The van der Waals surface area contributed by atoms with Crippen molar-refractivity contribution < 1.29 is 14.6 Å². The van der Waals surface area contributed by atoms with Crippen LogP contribution in [0.25, 0.3) is 22.0 Å². The minimum absolute atomic E-state index is 0.0221. The molecule has 164 valence electrons. The van der Waals surface area contributed by atoms with Crippen molar-refractivity contribution in [2.75, 3.05) is 38.8 Å². The molecule has 2 aromatic heterocycles. The Labute approximate surface area is 185 Å². The van der Waals surface area contributed by atoms with E-state index < -0.39 is 0 Å². The number of aliphatic hydroxyl groups excluding tert-OH is 1. The van der Waals surface area contributed by atoms with Crippen molar-refractivity contribution >= 4 is 16.7 Å². The number of hydrogen-bond acceptors (Lipinski definition) is 7. The molecule has 4 aromatic rings. The Morgan fingerprint density at radius 1 is 1.19 bits per heavy atom. The third-order valence-electron chi connectivity index (χ3n) is 5.86. The van der Waals surface area contributed by atoms with E-state index in [1.54, 1.807) is 13.3 Å². The highest BCUT2D eigenvalue weighted by Crippen LogP contribution is 2.36. The highest BCUT2D eigenvalue weighted by molar-refractivity contribution is 5.93. The Kier molecular flexibility index (Phi) is 5.36. The fourth-order valence-electron chi connectivity index (χ4n) is 4.11. The Morgan fingerprint density at radius 2 is 2.09 bits per heavy atom. The van der Waals surface area contributed by atoms with E-state index in [0.29, 0.717) is 13.2 Å². The second-order valence-corrected chi connectivity index (χ2v) is 7.96. The third-order valence-corrected chi connectivity index (χ3v) is 5.86. The molecule has 3 heterocycles. The predicted octanol–water partition coefficient (Wildman–Crippen LogP) is 3.18. The summed E-state index contributed by atoms with van der Waals surface area (Å²) >= 11 is 0. The molecule has 8 nitrogen and oxygen atoms in total. The van der Waals surface area contributed by atoms with Crippen LogP contribution in [-0.4, -0.2) is 59.2 Å². The maximum absolute atomic E-state index is 9.52. The van der Waals surface area contributed by atoms with Gasteiger partial charge in [0.15, 0.2) is 0 Å². The first kappa shape index (κ1) is 20.3. The largest absolute Gasteiger partial charge is 0.497 e. The molecule has 0 aliphatic carbocycles. The number of benzene rings is 2. The smallest absolute Gasteiger partial charge is 0.140 e. The van der Waals surface area contributed by atoms with Crippen LogP contribution in [0.15, 0.2) is 48.8 Å². The first-order valence-corrected chi connectivity index (χ1v) is 10.6. The Morgan fingerprint density at radius 3 is 2.88 bits per heavy atom. The maximum atomic E-state index is 9.52. The summed E-state index contributed by atoms with van der Waals surface area (Å²) in [5.74, 6) is 3.24. The highest BCUT2D eigenvalue weighted by atomic mass is 16.5. The van der Waals surface area contributed by atoms with E-state index in [-0.39, 0.29) is 12.5 Å². The molecule has 0 saturated carbocycles. The number of nitrogens with one attached hydrogen (secondary N) is 1. The van der Waals surface area contributed by atoms with Crippen molar-refractivity contribution in [1.29, 1.82) is 0 Å². The van der Waals surface area contributed by atoms with Gasteiger partial charge in [-0.3, -0.25) is 5.10 Å². The SMILES string of the molecule is COc1ccc2c(c1)C[C@@H](c1nc(N(C)CCO)c3cc(-c4cn[nH]c4)ccc3n1)CO2. The van der Waals surface area contributed by atoms with Crippen molar-refractivity contribution in [3.63, 3.8) is 0 Å². The minimum atomic E-state index is 0.0221. The summed E-state index contributed by atoms with van der Waals surface area (Å²) in [4.78, 5) is 11.8. The molecule has 8 heteroatoms. The molecule has 1 aliphatic rings. The van der Waals surface area contributed by atoms with E-state index in [0.717, 1.165) is 57.2 Å². The lowest BCUT2D eigenvalue weighted by atomic mass is 9.95. The summed E-state index contributed by atoms with van der Waals surface area (Å²) in [6.07, 6.45) is 4.42. The molecule has 0 amide bonds. The number of ether oxygens (including phenoxy) is 2. The number of methoxy groups -OCH3 is 1. The first-order valence-electron chi connectivity index (χ1n) is 10.6. The molecule has 0 saturated heterocycles. The molecule has 0 unspecified atom stereocenters. The molecule has 1 aliphatic heterocycles. The standard InChI is InChI=1S/C24H25N5O3/c1-29(7-8-30)24-20-11-15(18-12-25-26-13-18)3-5-21(20)27-23(28-24)17-9-16-10-19(31-2)4-6-22(16)32-14-17/h3-6,10-13,17,30H,7-9,14H2,1-2H3,(H,25,26)/t17-/m1/s1. The van der Waals surface area contributed by atoms with Gasteiger partial charge in [-0.25, -0.2) is 9.97 Å². The van der Waals surface area contributed by atoms with E-state index in [9.17, 15) is 5.11 Å². The number of nitrogens with zero attached hydrogens (tertiary/aromatic N) is 4. The van der Waals surface area contributed by atoms with Crippen LogP contribution in [0.5, 0.6) is 11.5 Å². The Hall–Kier alpha value is -3.65. The molecule has 0 bridgehead atoms. The van der Waals surface area contributed by atoms with E-state index in [1.165, 1.54) is 0 Å². The average Bonchev–Trinajstić information content (AvgIpc) is 3.37. The van der Waals surface area contributed by atoms with Gasteiger partial charge in [0.2, 0.25) is 0 Å². The molecular formula is C24H25N5O3. The van der Waals surface area contributed by atoms with E-state index in [1.807, 2.05) is 48.5 Å². The monoisotopic (exact) mass is 431 g/mol. The van der Waals surface area contributed by atoms with Gasteiger partial charge >= 0.3 is 0 Å². The summed E-state index contributed by atoms with van der Waals surface area (Å²) in [5, 5.41) is 17.4. The van der Waals surface area contributed by atoms with Gasteiger partial charge in [-0.05, 0) is 47.9 Å². The van der Waals surface area contributed by atoms with Crippen molar-refractivity contribution in [3.05, 3.63) is 60.2 Å². The molecule has 32 heavy (non-hydrogen) atoms. The average molecular weight is 431 g/mol. The number of aromatic amines is 1. The third kappa shape index (κ3) is 3.73. The van der Waals surface area contributed by atoms with Gasteiger partial charge < -0.3 is 19.5 Å². The highest BCUT2D eigenvalue weighted by Gasteiger charge is 2.26. The van der Waals surface area contributed by atoms with Gasteiger partial charge in [-0.15, -0.1) is 0 Å². The maximum Gasteiger partial charge on any atom is 0.140 e. The number of aliphatic hydroxyl groups is 1. The molecule has 1 atom stereocenters. The minimum Gasteiger partial charge on any atom is -0.497 e. The molecule has 2 N–H and O–H groups in total. The number of anilines is 1. The van der Waals surface area contributed by atoms with Crippen molar-refractivity contribution in [2.45, 2.75) is 12.3 Å². The molecule has 5 rings (SSSR count). The number of hydrogen-bond donors (Lipinski definition) is 2. The molecular weight excluding hydrogens is 406 g/mol. The second kappa shape index (κ2) is 8.47. The van der Waals surface area contributed by atoms with Crippen LogP contribution in [0, 0.1) is 0 Å². The van der Waals surface area contributed by atoms with Gasteiger partial charge in [0.1, 0.15) is 23.1 Å². The first-order chi connectivity index (χ1) is 15.7. The zero-order chi connectivity index (χ0) is 22.1. The summed E-state index contributed by atoms with van der Waals surface area (Å²) in [5.41, 5.74) is 3.98. The lowest BCUT2D eigenvalue weighted by Gasteiger charge is -2.26. The number of fused-ring (bicyclic) bond motifs is 2. The molecule has 2 aromatic carbocycles. The van der Waals surface area contributed by atoms with E-state index in [2.05, 4.69) is 16.3 Å². The van der Waals surface area contributed by atoms with Gasteiger partial charge in [-0.1, -0.05) is 6.07 Å². The van der Waals surface area contributed by atoms with Gasteiger partial charge in [0, 0.05) is 30.7 Å². The topological polar surface area (TPSA) is 96.4 Å².